The highest BCUT2D eigenvalue weighted by molar-refractivity contribution is 5.95. The number of hydrogen-bond donors (Lipinski definition) is 1. The first-order valence-electron chi connectivity index (χ1n) is 8.15. The van der Waals surface area contributed by atoms with Gasteiger partial charge in [-0.25, -0.2) is 4.68 Å². The highest BCUT2D eigenvalue weighted by Crippen LogP contribution is 2.29. The van der Waals surface area contributed by atoms with E-state index in [4.69, 9.17) is 0 Å². The fourth-order valence-corrected chi connectivity index (χ4v) is 3.60. The predicted molar refractivity (Wildman–Crippen MR) is 91.6 cm³/mol. The van der Waals surface area contributed by atoms with Gasteiger partial charge in [0.2, 0.25) is 0 Å². The molecular formula is C17H18ClF3N4O. The van der Waals surface area contributed by atoms with E-state index in [0.29, 0.717) is 23.1 Å². The molecule has 2 aliphatic heterocycles. The number of rotatable bonds is 2. The zero-order valence-electron chi connectivity index (χ0n) is 13.7. The molecule has 1 amide bonds. The van der Waals surface area contributed by atoms with Crippen molar-refractivity contribution < 1.29 is 18.0 Å². The Labute approximate surface area is 154 Å². The number of aromatic nitrogens is 2. The van der Waals surface area contributed by atoms with Crippen molar-refractivity contribution in [3.63, 3.8) is 0 Å². The number of carbonyl (C=O) groups excluding carboxylic acids is 1. The highest BCUT2D eigenvalue weighted by atomic mass is 35.5. The van der Waals surface area contributed by atoms with Crippen molar-refractivity contribution >= 4 is 18.3 Å². The van der Waals surface area contributed by atoms with Gasteiger partial charge in [-0.05, 0) is 36.1 Å². The van der Waals surface area contributed by atoms with Crippen molar-refractivity contribution in [1.82, 2.24) is 20.0 Å². The third-order valence-corrected chi connectivity index (χ3v) is 4.91. The number of alkyl halides is 3. The molecule has 0 aliphatic carbocycles. The quantitative estimate of drug-likeness (QED) is 0.863. The Hall–Kier alpha value is -2.06. The van der Waals surface area contributed by atoms with Gasteiger partial charge in [0.15, 0.2) is 5.69 Å². The molecule has 140 valence electrons. The average Bonchev–Trinajstić information content (AvgIpc) is 3.28. The summed E-state index contributed by atoms with van der Waals surface area (Å²) in [5, 5.41) is 6.88. The molecule has 1 aromatic heterocycles. The summed E-state index contributed by atoms with van der Waals surface area (Å²) in [5.41, 5.74) is -0.0546. The van der Waals surface area contributed by atoms with Gasteiger partial charge in [0.05, 0.1) is 5.69 Å². The van der Waals surface area contributed by atoms with E-state index in [1.807, 2.05) is 4.90 Å². The van der Waals surface area contributed by atoms with Crippen LogP contribution in [0.25, 0.3) is 5.69 Å². The second-order valence-corrected chi connectivity index (χ2v) is 6.58. The summed E-state index contributed by atoms with van der Waals surface area (Å²) in [6.07, 6.45) is -3.24. The standard InChI is InChI=1S/C17H17F3N4O.ClH/c18-17(19,20)15-4-5-24(22-15)14-3-1-2-11(6-14)16(25)23-9-12-7-21-8-13(12)10-23;/h1-6,12-13,21H,7-10H2;1H/t12-,13+;. The molecule has 2 aliphatic rings. The first-order valence-corrected chi connectivity index (χ1v) is 8.15. The summed E-state index contributed by atoms with van der Waals surface area (Å²) in [4.78, 5) is 14.6. The molecule has 9 heteroatoms. The van der Waals surface area contributed by atoms with Crippen LogP contribution in [0.5, 0.6) is 0 Å². The number of nitrogens with one attached hydrogen (secondary N) is 1. The van der Waals surface area contributed by atoms with Crippen LogP contribution in [0, 0.1) is 11.8 Å². The molecule has 3 heterocycles. The SMILES string of the molecule is Cl.O=C(c1cccc(-n2ccc(C(F)(F)F)n2)c1)N1C[C@H]2CNC[C@H]2C1. The average molecular weight is 387 g/mol. The number of carbonyl (C=O) groups is 1. The Morgan fingerprint density at radius 3 is 2.46 bits per heavy atom. The molecule has 0 saturated carbocycles. The summed E-state index contributed by atoms with van der Waals surface area (Å²) < 4.78 is 39.2. The minimum Gasteiger partial charge on any atom is -0.338 e. The van der Waals surface area contributed by atoms with E-state index in [-0.39, 0.29) is 18.3 Å². The smallest absolute Gasteiger partial charge is 0.338 e. The zero-order valence-corrected chi connectivity index (χ0v) is 14.6. The summed E-state index contributed by atoms with van der Waals surface area (Å²) in [6, 6.07) is 7.49. The molecule has 1 N–H and O–H groups in total. The number of halogens is 4. The van der Waals surface area contributed by atoms with Crippen LogP contribution >= 0.6 is 12.4 Å². The molecule has 0 radical (unpaired) electrons. The summed E-state index contributed by atoms with van der Waals surface area (Å²) in [7, 11) is 0. The third kappa shape index (κ3) is 3.43. The second kappa shape index (κ2) is 6.92. The number of likely N-dealkylation sites (tertiary alicyclic amines) is 1. The van der Waals surface area contributed by atoms with Crippen molar-refractivity contribution in [1.29, 1.82) is 0 Å². The molecule has 2 saturated heterocycles. The lowest BCUT2D eigenvalue weighted by Crippen LogP contribution is -2.31. The fraction of sp³-hybridized carbons (Fsp3) is 0.412. The van der Waals surface area contributed by atoms with Crippen LogP contribution in [0.1, 0.15) is 16.1 Å². The van der Waals surface area contributed by atoms with Gasteiger partial charge in [-0.15, -0.1) is 12.4 Å². The van der Waals surface area contributed by atoms with Gasteiger partial charge in [0.1, 0.15) is 0 Å². The summed E-state index contributed by atoms with van der Waals surface area (Å²) in [5.74, 6) is 0.902. The lowest BCUT2D eigenvalue weighted by molar-refractivity contribution is -0.141. The monoisotopic (exact) mass is 386 g/mol. The van der Waals surface area contributed by atoms with Gasteiger partial charge >= 0.3 is 6.18 Å². The minimum atomic E-state index is -4.49. The molecule has 2 aromatic rings. The molecule has 26 heavy (non-hydrogen) atoms. The normalized spacial score (nSPS) is 22.2. The van der Waals surface area contributed by atoms with Crippen molar-refractivity contribution in [3.8, 4) is 5.69 Å². The topological polar surface area (TPSA) is 50.2 Å². The molecule has 4 rings (SSSR count). The van der Waals surface area contributed by atoms with Crippen LogP contribution in [0.4, 0.5) is 13.2 Å². The molecule has 1 aromatic carbocycles. The van der Waals surface area contributed by atoms with E-state index < -0.39 is 11.9 Å². The van der Waals surface area contributed by atoms with Crippen LogP contribution < -0.4 is 5.32 Å². The van der Waals surface area contributed by atoms with Crippen LogP contribution in [-0.2, 0) is 6.18 Å². The van der Waals surface area contributed by atoms with Gasteiger partial charge < -0.3 is 10.2 Å². The van der Waals surface area contributed by atoms with E-state index in [1.165, 1.54) is 6.20 Å². The second-order valence-electron chi connectivity index (χ2n) is 6.58. The molecule has 5 nitrogen and oxygen atoms in total. The van der Waals surface area contributed by atoms with Gasteiger partial charge in [0.25, 0.3) is 5.91 Å². The number of hydrogen-bond acceptors (Lipinski definition) is 3. The Morgan fingerprint density at radius 2 is 1.85 bits per heavy atom. The van der Waals surface area contributed by atoms with Crippen molar-refractivity contribution in [2.75, 3.05) is 26.2 Å². The van der Waals surface area contributed by atoms with Gasteiger partial charge in [-0.1, -0.05) is 6.07 Å². The minimum absolute atomic E-state index is 0. The lowest BCUT2D eigenvalue weighted by atomic mass is 10.0. The molecule has 0 unspecified atom stereocenters. The fourth-order valence-electron chi connectivity index (χ4n) is 3.60. The molecule has 0 spiro atoms. The van der Waals surface area contributed by atoms with Crippen LogP contribution in [-0.4, -0.2) is 46.8 Å². The largest absolute Gasteiger partial charge is 0.435 e. The number of nitrogens with zero attached hydrogens (tertiary/aromatic N) is 3. The maximum absolute atomic E-state index is 12.7. The van der Waals surface area contributed by atoms with Crippen molar-refractivity contribution in [2.24, 2.45) is 11.8 Å². The van der Waals surface area contributed by atoms with E-state index in [1.54, 1.807) is 24.3 Å². The van der Waals surface area contributed by atoms with Crippen LogP contribution in [0.2, 0.25) is 0 Å². The summed E-state index contributed by atoms with van der Waals surface area (Å²) in [6.45, 7) is 3.31. The predicted octanol–water partition coefficient (Wildman–Crippen LogP) is 2.60. The van der Waals surface area contributed by atoms with E-state index in [0.717, 1.165) is 36.9 Å². The van der Waals surface area contributed by atoms with E-state index in [9.17, 15) is 18.0 Å². The van der Waals surface area contributed by atoms with Crippen LogP contribution in [0.3, 0.4) is 0 Å². The van der Waals surface area contributed by atoms with Gasteiger partial charge in [-0.3, -0.25) is 4.79 Å². The Morgan fingerprint density at radius 1 is 1.15 bits per heavy atom. The first kappa shape index (κ1) is 18.7. The molecular weight excluding hydrogens is 369 g/mol. The van der Waals surface area contributed by atoms with Gasteiger partial charge in [-0.2, -0.15) is 18.3 Å². The number of amides is 1. The summed E-state index contributed by atoms with van der Waals surface area (Å²) >= 11 is 0. The van der Waals surface area contributed by atoms with Crippen LogP contribution in [0.15, 0.2) is 36.5 Å². The Balaban J connectivity index is 0.00000196. The van der Waals surface area contributed by atoms with Gasteiger partial charge in [0, 0.05) is 37.9 Å². The maximum atomic E-state index is 12.7. The third-order valence-electron chi connectivity index (χ3n) is 4.91. The Bertz CT molecular complexity index is 795. The van der Waals surface area contributed by atoms with E-state index in [2.05, 4.69) is 10.4 Å². The first-order chi connectivity index (χ1) is 11.9. The lowest BCUT2D eigenvalue weighted by Gasteiger charge is -2.18. The van der Waals surface area contributed by atoms with Crippen molar-refractivity contribution in [3.05, 3.63) is 47.8 Å². The zero-order chi connectivity index (χ0) is 17.6. The highest BCUT2D eigenvalue weighted by Gasteiger charge is 2.38. The Kier molecular flexibility index (Phi) is 4.98. The number of fused-ring (bicyclic) bond motifs is 1. The van der Waals surface area contributed by atoms with Crippen molar-refractivity contribution in [2.45, 2.75) is 6.18 Å². The molecule has 2 fully saturated rings. The van der Waals surface area contributed by atoms with E-state index >= 15 is 0 Å². The molecule has 0 bridgehead atoms. The number of benzene rings is 1. The molecule has 2 atom stereocenters. The maximum Gasteiger partial charge on any atom is 0.435 e.